The van der Waals surface area contributed by atoms with Crippen LogP contribution in [-0.4, -0.2) is 97.2 Å². The van der Waals surface area contributed by atoms with Crippen LogP contribution in [0.1, 0.15) is 69.0 Å². The summed E-state index contributed by atoms with van der Waals surface area (Å²) >= 11 is 1.49. The first-order valence-electron chi connectivity index (χ1n) is 18.8. The molecule has 2 fully saturated rings. The molecule has 2 saturated heterocycles. The van der Waals surface area contributed by atoms with Gasteiger partial charge < -0.3 is 43.1 Å². The number of nitrogens with one attached hydrogen (secondary N) is 1. The normalized spacial score (nSPS) is 28.9. The summed E-state index contributed by atoms with van der Waals surface area (Å²) < 4.78 is 42.7. The lowest BCUT2D eigenvalue weighted by molar-refractivity contribution is -0.186. The van der Waals surface area contributed by atoms with Crippen molar-refractivity contribution >= 4 is 34.7 Å². The van der Waals surface area contributed by atoms with Gasteiger partial charge in [-0.2, -0.15) is 0 Å². The number of likely N-dealkylation sites (N-methyl/N-ethyl adjacent to an activating group) is 1. The fourth-order valence-corrected chi connectivity index (χ4v) is 12.1. The molecule has 14 nitrogen and oxygen atoms in total. The maximum absolute atomic E-state index is 14.8. The minimum Gasteiger partial charge on any atom is -0.504 e. The molecule has 15 heteroatoms. The Hall–Kier alpha value is -4.67. The number of piperazine rings is 1. The van der Waals surface area contributed by atoms with Gasteiger partial charge in [-0.1, -0.05) is 6.07 Å². The standard InChI is InChI=1S/C41H43N3O11S/c1-17-11-20-12-24-39(47)44-25-14-51-40(48)41(38-22(9-10-42-41)23-13-21(49-5)7-8-26(23)55-38)15-56-37(31(44)30(43(24)4)27(20)32(46)33(17)50-6)29-28(25)36-35(52-16-53-36)18(2)34(29)54-19(3)45/h7-8,11,13,24-25,30-31,37,39,42,46-47H,9-10,12,14-16H2,1-6H3/t24-,25-,30?,31+,37+,39-,41+/m0/s1. The van der Waals surface area contributed by atoms with E-state index in [0.29, 0.717) is 81.7 Å². The zero-order valence-corrected chi connectivity index (χ0v) is 32.7. The molecule has 1 spiro atoms. The van der Waals surface area contributed by atoms with Crippen LogP contribution in [-0.2, 0) is 32.7 Å². The fraction of sp³-hybridized carbons (Fsp3) is 0.463. The number of carbonyl (C=O) groups is 2. The molecule has 3 N–H and O–H groups in total. The molecule has 3 aromatic carbocycles. The predicted molar refractivity (Wildman–Crippen MR) is 203 cm³/mol. The number of thioether (sulfide) groups is 1. The second-order valence-electron chi connectivity index (χ2n) is 15.5. The second kappa shape index (κ2) is 12.7. The van der Waals surface area contributed by atoms with Crippen molar-refractivity contribution in [1.82, 2.24) is 15.1 Å². The molecule has 4 aromatic rings. The zero-order valence-electron chi connectivity index (χ0n) is 31.9. The largest absolute Gasteiger partial charge is 0.504 e. The van der Waals surface area contributed by atoms with E-state index < -0.39 is 47.1 Å². The third kappa shape index (κ3) is 4.71. The van der Waals surface area contributed by atoms with Gasteiger partial charge in [-0.3, -0.25) is 19.9 Å². The summed E-state index contributed by atoms with van der Waals surface area (Å²) in [5, 5.41) is 28.5. The number of carbonyl (C=O) groups excluding carboxylic acids is 2. The van der Waals surface area contributed by atoms with E-state index in [1.54, 1.807) is 14.2 Å². The Bertz CT molecular complexity index is 2360. The van der Waals surface area contributed by atoms with E-state index in [1.807, 2.05) is 50.1 Å². The summed E-state index contributed by atoms with van der Waals surface area (Å²) in [6, 6.07) is 5.46. The summed E-state index contributed by atoms with van der Waals surface area (Å²) in [4.78, 5) is 31.9. The van der Waals surface area contributed by atoms with Gasteiger partial charge in [0.2, 0.25) is 6.79 Å². The van der Waals surface area contributed by atoms with Crippen molar-refractivity contribution in [2.45, 2.75) is 74.8 Å². The molecular formula is C41H43N3O11S. The fourth-order valence-electron chi connectivity index (χ4n) is 10.4. The molecule has 1 unspecified atom stereocenters. The van der Waals surface area contributed by atoms with E-state index in [0.717, 1.165) is 22.1 Å². The summed E-state index contributed by atoms with van der Waals surface area (Å²) in [6.07, 6.45) is 0.0463. The van der Waals surface area contributed by atoms with Crippen LogP contribution in [0.2, 0.25) is 0 Å². The zero-order chi connectivity index (χ0) is 38.9. The molecular weight excluding hydrogens is 743 g/mol. The van der Waals surface area contributed by atoms with Crippen LogP contribution in [0.15, 0.2) is 28.7 Å². The summed E-state index contributed by atoms with van der Waals surface area (Å²) in [5.41, 5.74) is 4.50. The molecule has 8 heterocycles. The van der Waals surface area contributed by atoms with E-state index in [-0.39, 0.29) is 30.9 Å². The van der Waals surface area contributed by atoms with Crippen LogP contribution in [0.25, 0.3) is 11.0 Å². The van der Waals surface area contributed by atoms with Gasteiger partial charge in [0, 0.05) is 58.5 Å². The topological polar surface area (TPSA) is 162 Å². The molecule has 1 aromatic heterocycles. The maximum atomic E-state index is 14.8. The minimum atomic E-state index is -1.39. The van der Waals surface area contributed by atoms with Crippen molar-refractivity contribution in [3.8, 4) is 34.5 Å². The highest BCUT2D eigenvalue weighted by atomic mass is 32.2. The lowest BCUT2D eigenvalue weighted by Gasteiger charge is -2.62. The third-order valence-electron chi connectivity index (χ3n) is 12.8. The van der Waals surface area contributed by atoms with Crippen molar-refractivity contribution in [2.75, 3.05) is 47.0 Å². The molecule has 0 saturated carbocycles. The number of aliphatic hydroxyl groups is 1. The number of furan rings is 1. The van der Waals surface area contributed by atoms with Crippen molar-refractivity contribution < 1.29 is 52.6 Å². The highest BCUT2D eigenvalue weighted by Gasteiger charge is 2.62. The van der Waals surface area contributed by atoms with E-state index in [2.05, 4.69) is 10.2 Å². The van der Waals surface area contributed by atoms with Crippen molar-refractivity contribution in [1.29, 1.82) is 0 Å². The van der Waals surface area contributed by atoms with Gasteiger partial charge in [-0.25, -0.2) is 4.79 Å². The number of fused-ring (bicyclic) bond motifs is 11. The van der Waals surface area contributed by atoms with Crippen molar-refractivity contribution in [3.63, 3.8) is 0 Å². The number of hydrogen-bond donors (Lipinski definition) is 3. The number of hydrogen-bond acceptors (Lipinski definition) is 15. The van der Waals surface area contributed by atoms with Crippen LogP contribution in [0, 0.1) is 13.8 Å². The summed E-state index contributed by atoms with van der Waals surface area (Å²) in [5.74, 6) is 1.99. The minimum absolute atomic E-state index is 0.0496. The second-order valence-corrected chi connectivity index (χ2v) is 16.7. The van der Waals surface area contributed by atoms with Gasteiger partial charge in [0.1, 0.15) is 35.7 Å². The first-order valence-corrected chi connectivity index (χ1v) is 19.9. The monoisotopic (exact) mass is 785 g/mol. The Morgan fingerprint density at radius 3 is 2.62 bits per heavy atom. The average molecular weight is 786 g/mol. The lowest BCUT2D eigenvalue weighted by atomic mass is 9.73. The SMILES string of the molecule is COc1ccc2oc3c(c2c1)CCN[C@]31CS[C@@H]2c3c(OC(C)=O)c(C)c4c(c3[C@H](COC1=O)N1[C@@H]2C2c3c(cc(C)c(OC)c3O)C[C@@H]([C@@H]1O)N2C)OCO4. The number of aryl methyl sites for hydroxylation is 1. The highest BCUT2D eigenvalue weighted by molar-refractivity contribution is 7.99. The van der Waals surface area contributed by atoms with Gasteiger partial charge in [0.25, 0.3) is 0 Å². The number of methoxy groups -OCH3 is 2. The van der Waals surface area contributed by atoms with Gasteiger partial charge in [-0.15, -0.1) is 11.8 Å². The van der Waals surface area contributed by atoms with Crippen molar-refractivity contribution in [3.05, 3.63) is 69.0 Å². The number of ether oxygens (including phenoxy) is 6. The number of rotatable bonds is 3. The van der Waals surface area contributed by atoms with Gasteiger partial charge in [0.15, 0.2) is 28.5 Å². The van der Waals surface area contributed by atoms with Crippen LogP contribution in [0.4, 0.5) is 0 Å². The van der Waals surface area contributed by atoms with Crippen LogP contribution < -0.4 is 29.0 Å². The Balaban J connectivity index is 1.23. The van der Waals surface area contributed by atoms with Crippen molar-refractivity contribution in [2.24, 2.45) is 0 Å². The van der Waals surface area contributed by atoms with Crippen LogP contribution in [0.5, 0.6) is 34.5 Å². The number of phenolic OH excluding ortho intramolecular Hbond substituents is 1. The molecule has 4 bridgehead atoms. The van der Waals surface area contributed by atoms with Crippen LogP contribution in [0.3, 0.4) is 0 Å². The number of esters is 2. The highest BCUT2D eigenvalue weighted by Crippen LogP contribution is 2.64. The first-order chi connectivity index (χ1) is 27.0. The Labute approximate surface area is 326 Å². The Morgan fingerprint density at radius 1 is 1.05 bits per heavy atom. The van der Waals surface area contributed by atoms with E-state index in [9.17, 15) is 19.8 Å². The summed E-state index contributed by atoms with van der Waals surface area (Å²) in [6.45, 7) is 5.36. The van der Waals surface area contributed by atoms with Gasteiger partial charge in [0.05, 0.1) is 37.6 Å². The molecule has 7 atom stereocenters. The molecule has 56 heavy (non-hydrogen) atoms. The number of nitrogens with zero attached hydrogens (tertiary/aromatic N) is 2. The van der Waals surface area contributed by atoms with E-state index >= 15 is 0 Å². The molecule has 7 aliphatic heterocycles. The average Bonchev–Trinajstić information content (AvgIpc) is 3.82. The number of aliphatic hydroxyl groups excluding tert-OH is 1. The Morgan fingerprint density at radius 2 is 1.86 bits per heavy atom. The molecule has 0 amide bonds. The molecule has 0 radical (unpaired) electrons. The van der Waals surface area contributed by atoms with Gasteiger partial charge in [-0.05, 0) is 63.1 Å². The van der Waals surface area contributed by atoms with Gasteiger partial charge >= 0.3 is 11.9 Å². The number of aromatic hydroxyl groups is 1. The molecule has 0 aliphatic carbocycles. The molecule has 294 valence electrons. The Kier molecular flexibility index (Phi) is 8.08. The van der Waals surface area contributed by atoms with Crippen LogP contribution >= 0.6 is 11.8 Å². The quantitative estimate of drug-likeness (QED) is 0.197. The number of phenols is 1. The predicted octanol–water partition coefficient (Wildman–Crippen LogP) is 4.45. The van der Waals surface area contributed by atoms with E-state index in [1.165, 1.54) is 18.7 Å². The number of benzene rings is 3. The molecule has 7 aliphatic rings. The lowest BCUT2D eigenvalue weighted by Crippen LogP contribution is -2.70. The summed E-state index contributed by atoms with van der Waals surface area (Å²) in [7, 11) is 5.13. The maximum Gasteiger partial charge on any atom is 0.335 e. The molecule has 11 rings (SSSR count). The first kappa shape index (κ1) is 35.7. The smallest absolute Gasteiger partial charge is 0.335 e. The van der Waals surface area contributed by atoms with E-state index in [4.69, 9.17) is 32.8 Å². The third-order valence-corrected chi connectivity index (χ3v) is 14.2.